The van der Waals surface area contributed by atoms with Crippen LogP contribution in [0.3, 0.4) is 0 Å². The Morgan fingerprint density at radius 1 is 1.00 bits per heavy atom. The van der Waals surface area contributed by atoms with Crippen LogP contribution in [0.25, 0.3) is 0 Å². The van der Waals surface area contributed by atoms with E-state index >= 15 is 0 Å². The first-order valence-corrected chi connectivity index (χ1v) is 11.4. The van der Waals surface area contributed by atoms with Crippen LogP contribution in [0, 0.1) is 0 Å². The third kappa shape index (κ3) is 5.24. The maximum absolute atomic E-state index is 13.1. The van der Waals surface area contributed by atoms with Crippen molar-refractivity contribution < 1.29 is 14.3 Å². The van der Waals surface area contributed by atoms with Gasteiger partial charge in [0.25, 0.3) is 0 Å². The monoisotopic (exact) mass is 455 g/mol. The summed E-state index contributed by atoms with van der Waals surface area (Å²) in [5.41, 5.74) is 5.40. The van der Waals surface area contributed by atoms with E-state index in [1.807, 2.05) is 42.5 Å². The smallest absolute Gasteiger partial charge is 0.337 e. The molecule has 1 atom stereocenters. The Morgan fingerprint density at radius 2 is 1.74 bits per heavy atom. The topological polar surface area (TPSA) is 71.0 Å². The van der Waals surface area contributed by atoms with Gasteiger partial charge in [0.2, 0.25) is 5.91 Å². The Balaban J connectivity index is 1.68. The molecular weight excluding hydrogens is 426 g/mol. The highest BCUT2D eigenvalue weighted by molar-refractivity contribution is 6.24. The van der Waals surface area contributed by atoms with E-state index in [0.29, 0.717) is 17.0 Å². The first-order chi connectivity index (χ1) is 16.5. The van der Waals surface area contributed by atoms with Crippen molar-refractivity contribution in [1.82, 2.24) is 4.90 Å². The largest absolute Gasteiger partial charge is 0.465 e. The number of anilines is 1. The van der Waals surface area contributed by atoms with Gasteiger partial charge in [-0.2, -0.15) is 0 Å². The molecule has 6 nitrogen and oxygen atoms in total. The molecule has 1 aliphatic rings. The molecule has 1 amide bonds. The molecule has 0 bridgehead atoms. The summed E-state index contributed by atoms with van der Waals surface area (Å²) < 4.78 is 4.81. The first kappa shape index (κ1) is 23.4. The molecule has 3 aromatic rings. The average Bonchev–Trinajstić information content (AvgIpc) is 3.18. The van der Waals surface area contributed by atoms with Crippen LogP contribution in [0.4, 0.5) is 11.4 Å². The van der Waals surface area contributed by atoms with Crippen LogP contribution in [-0.4, -0.2) is 50.2 Å². The number of carbonyl (C=O) groups excluding carboxylic acids is 2. The zero-order chi connectivity index (χ0) is 24.1. The third-order valence-corrected chi connectivity index (χ3v) is 5.91. The van der Waals surface area contributed by atoms with Crippen LogP contribution in [0.5, 0.6) is 0 Å². The predicted octanol–water partition coefficient (Wildman–Crippen LogP) is 4.82. The van der Waals surface area contributed by atoms with E-state index < -0.39 is 11.9 Å². The molecule has 3 aromatic carbocycles. The number of hydrogen-bond donors (Lipinski definition) is 1. The Hall–Kier alpha value is -3.77. The predicted molar refractivity (Wildman–Crippen MR) is 135 cm³/mol. The first-order valence-electron chi connectivity index (χ1n) is 11.4. The van der Waals surface area contributed by atoms with Gasteiger partial charge in [0.15, 0.2) is 0 Å². The van der Waals surface area contributed by atoms with Gasteiger partial charge in [-0.25, -0.2) is 4.79 Å². The highest BCUT2D eigenvalue weighted by atomic mass is 16.5. The fourth-order valence-electron chi connectivity index (χ4n) is 4.16. The summed E-state index contributed by atoms with van der Waals surface area (Å²) in [6.07, 6.45) is 2.10. The number of esters is 1. The minimum atomic E-state index is -0.580. The van der Waals surface area contributed by atoms with Crippen molar-refractivity contribution in [3.05, 3.63) is 95.1 Å². The number of amides is 1. The molecule has 1 unspecified atom stereocenters. The van der Waals surface area contributed by atoms with Crippen molar-refractivity contribution in [1.29, 1.82) is 0 Å². The standard InChI is InChI=1S/C28H29N3O3/c1-31(2)17-7-8-19-11-14-22(15-12-19)29-26(20-9-5-4-6-10-20)25-23-16-13-21(28(33)34-3)18-24(23)30-27(25)32/h4-6,9-16,18,25H,7-8,17H2,1-3H3,(H,30,32). The molecule has 6 heteroatoms. The van der Waals surface area contributed by atoms with E-state index in [4.69, 9.17) is 9.73 Å². The zero-order valence-electron chi connectivity index (χ0n) is 19.7. The normalized spacial score (nSPS) is 15.2. The van der Waals surface area contributed by atoms with Gasteiger partial charge in [-0.3, -0.25) is 9.79 Å². The number of fused-ring (bicyclic) bond motifs is 1. The molecule has 34 heavy (non-hydrogen) atoms. The van der Waals surface area contributed by atoms with Gasteiger partial charge in [-0.1, -0.05) is 48.5 Å². The second-order valence-corrected chi connectivity index (χ2v) is 8.65. The van der Waals surface area contributed by atoms with Crippen LogP contribution in [0.2, 0.25) is 0 Å². The van der Waals surface area contributed by atoms with Crippen LogP contribution in [0.15, 0.2) is 77.8 Å². The lowest BCUT2D eigenvalue weighted by Crippen LogP contribution is -2.21. The van der Waals surface area contributed by atoms with Crippen LogP contribution in [0.1, 0.15) is 39.4 Å². The maximum Gasteiger partial charge on any atom is 0.337 e. The molecule has 4 rings (SSSR count). The summed E-state index contributed by atoms with van der Waals surface area (Å²) in [6, 6.07) is 23.1. The van der Waals surface area contributed by atoms with Crippen molar-refractivity contribution in [2.75, 3.05) is 33.1 Å². The lowest BCUT2D eigenvalue weighted by molar-refractivity contribution is -0.115. The van der Waals surface area contributed by atoms with Crippen molar-refractivity contribution in [2.45, 2.75) is 18.8 Å². The van der Waals surface area contributed by atoms with E-state index in [2.05, 4.69) is 36.4 Å². The number of rotatable bonds is 8. The zero-order valence-corrected chi connectivity index (χ0v) is 19.7. The number of ether oxygens (including phenoxy) is 1. The highest BCUT2D eigenvalue weighted by Crippen LogP contribution is 2.37. The number of aryl methyl sites for hydroxylation is 1. The third-order valence-electron chi connectivity index (χ3n) is 5.91. The van der Waals surface area contributed by atoms with E-state index in [-0.39, 0.29) is 5.91 Å². The van der Waals surface area contributed by atoms with Crippen molar-refractivity contribution >= 4 is 29.0 Å². The van der Waals surface area contributed by atoms with Gasteiger partial charge >= 0.3 is 5.97 Å². The number of aliphatic imine (C=N–C) groups is 1. The Morgan fingerprint density at radius 3 is 2.41 bits per heavy atom. The number of methoxy groups -OCH3 is 1. The van der Waals surface area contributed by atoms with E-state index in [9.17, 15) is 9.59 Å². The minimum Gasteiger partial charge on any atom is -0.465 e. The number of benzene rings is 3. The lowest BCUT2D eigenvalue weighted by Gasteiger charge is -2.14. The summed E-state index contributed by atoms with van der Waals surface area (Å²) in [5, 5.41) is 2.91. The molecule has 1 heterocycles. The fourth-order valence-corrected chi connectivity index (χ4v) is 4.16. The SMILES string of the molecule is COC(=O)c1ccc2c(c1)NC(=O)C2C(=Nc1ccc(CCCN(C)C)cc1)c1ccccc1. The molecule has 1 aliphatic heterocycles. The second-order valence-electron chi connectivity index (χ2n) is 8.65. The number of hydrogen-bond acceptors (Lipinski definition) is 5. The number of nitrogens with zero attached hydrogens (tertiary/aromatic N) is 2. The van der Waals surface area contributed by atoms with Crippen molar-refractivity contribution in [3.63, 3.8) is 0 Å². The summed E-state index contributed by atoms with van der Waals surface area (Å²) in [6.45, 7) is 1.05. The van der Waals surface area contributed by atoms with Crippen LogP contribution < -0.4 is 5.32 Å². The van der Waals surface area contributed by atoms with Gasteiger partial charge in [-0.15, -0.1) is 0 Å². The van der Waals surface area contributed by atoms with Gasteiger partial charge in [0, 0.05) is 5.69 Å². The summed E-state index contributed by atoms with van der Waals surface area (Å²) in [7, 11) is 5.50. The second kappa shape index (κ2) is 10.4. The fraction of sp³-hybridized carbons (Fsp3) is 0.250. The van der Waals surface area contributed by atoms with Gasteiger partial charge in [-0.05, 0) is 74.4 Å². The van der Waals surface area contributed by atoms with Gasteiger partial charge in [0.1, 0.15) is 5.92 Å². The van der Waals surface area contributed by atoms with Crippen LogP contribution >= 0.6 is 0 Å². The molecule has 0 spiro atoms. The molecule has 0 saturated carbocycles. The van der Waals surface area contributed by atoms with Crippen molar-refractivity contribution in [3.8, 4) is 0 Å². The lowest BCUT2D eigenvalue weighted by atomic mass is 9.90. The molecule has 0 saturated heterocycles. The molecule has 174 valence electrons. The molecule has 0 fully saturated rings. The molecule has 0 aromatic heterocycles. The summed E-state index contributed by atoms with van der Waals surface area (Å²) in [4.78, 5) is 32.2. The summed E-state index contributed by atoms with van der Waals surface area (Å²) in [5.74, 6) is -1.19. The van der Waals surface area contributed by atoms with E-state index in [1.54, 1.807) is 18.2 Å². The number of carbonyl (C=O) groups is 2. The quantitative estimate of drug-likeness (QED) is 0.390. The maximum atomic E-state index is 13.1. The van der Waals surface area contributed by atoms with Crippen LogP contribution in [-0.2, 0) is 16.0 Å². The van der Waals surface area contributed by atoms with Crippen molar-refractivity contribution in [2.24, 2.45) is 4.99 Å². The Kier molecular flexibility index (Phi) is 7.18. The van der Waals surface area contributed by atoms with Gasteiger partial charge < -0.3 is 15.0 Å². The summed E-state index contributed by atoms with van der Waals surface area (Å²) >= 11 is 0. The van der Waals surface area contributed by atoms with E-state index in [1.165, 1.54) is 12.7 Å². The Labute approximate surface area is 200 Å². The highest BCUT2D eigenvalue weighted by Gasteiger charge is 2.35. The van der Waals surface area contributed by atoms with Gasteiger partial charge in [0.05, 0.1) is 24.1 Å². The minimum absolute atomic E-state index is 0.167. The number of nitrogens with one attached hydrogen (secondary N) is 1. The molecule has 1 N–H and O–H groups in total. The molecule has 0 aliphatic carbocycles. The molecular formula is C28H29N3O3. The van der Waals surface area contributed by atoms with E-state index in [0.717, 1.165) is 36.2 Å². The molecule has 0 radical (unpaired) electrons. The average molecular weight is 456 g/mol. The Bertz CT molecular complexity index is 1200.